The van der Waals surface area contributed by atoms with E-state index < -0.39 is 5.54 Å². The lowest BCUT2D eigenvalue weighted by atomic mass is 9.84. The van der Waals surface area contributed by atoms with Crippen LogP contribution in [0.2, 0.25) is 0 Å². The molecule has 0 unspecified atom stereocenters. The van der Waals surface area contributed by atoms with Crippen molar-refractivity contribution in [3.63, 3.8) is 0 Å². The molecule has 3 aliphatic heterocycles. The summed E-state index contributed by atoms with van der Waals surface area (Å²) >= 11 is 0. The fourth-order valence-electron chi connectivity index (χ4n) is 5.65. The number of anilines is 1. The summed E-state index contributed by atoms with van der Waals surface area (Å²) in [5.41, 5.74) is 1.40. The highest BCUT2D eigenvalue weighted by molar-refractivity contribution is 5.99. The molecule has 33 heavy (non-hydrogen) atoms. The average molecular weight is 441 g/mol. The molecule has 6 nitrogen and oxygen atoms in total. The van der Waals surface area contributed by atoms with Crippen LogP contribution >= 0.6 is 0 Å². The van der Waals surface area contributed by atoms with Gasteiger partial charge in [0.1, 0.15) is 5.54 Å². The van der Waals surface area contributed by atoms with Crippen LogP contribution in [0.15, 0.2) is 72.8 Å². The van der Waals surface area contributed by atoms with Gasteiger partial charge in [0.15, 0.2) is 0 Å². The van der Waals surface area contributed by atoms with E-state index in [0.29, 0.717) is 12.7 Å². The standard InChI is InChI=1S/C27H28N4O2/c32-25(22-11-10-20-6-4-5-7-21(20)16-22)30-17-24(18-30)29-14-12-27(13-15-29)26(33)28-19-31(27)23-8-2-1-3-9-23/h1-11,16,24H,12-15,17-19H2,(H,28,33). The van der Waals surface area contributed by atoms with Gasteiger partial charge in [-0.2, -0.15) is 0 Å². The van der Waals surface area contributed by atoms with Crippen molar-refractivity contribution in [2.45, 2.75) is 24.4 Å². The molecule has 1 N–H and O–H groups in total. The molecule has 6 rings (SSSR count). The van der Waals surface area contributed by atoms with Crippen molar-refractivity contribution in [1.29, 1.82) is 0 Å². The Hall–Kier alpha value is -3.38. The second-order valence-electron chi connectivity index (χ2n) is 9.42. The van der Waals surface area contributed by atoms with Crippen molar-refractivity contribution >= 4 is 28.3 Å². The normalized spacial score (nSPS) is 20.8. The third-order valence-corrected chi connectivity index (χ3v) is 7.69. The first kappa shape index (κ1) is 20.2. The number of rotatable bonds is 3. The molecular formula is C27H28N4O2. The van der Waals surface area contributed by atoms with Crippen LogP contribution in [0, 0.1) is 0 Å². The van der Waals surface area contributed by atoms with Gasteiger partial charge in [-0.05, 0) is 47.9 Å². The van der Waals surface area contributed by atoms with E-state index in [-0.39, 0.29) is 11.8 Å². The maximum Gasteiger partial charge on any atom is 0.253 e. The summed E-state index contributed by atoms with van der Waals surface area (Å²) in [7, 11) is 0. The van der Waals surface area contributed by atoms with Gasteiger partial charge in [0.25, 0.3) is 5.91 Å². The highest BCUT2D eigenvalue weighted by Gasteiger charge is 2.51. The molecule has 3 aromatic carbocycles. The molecule has 0 aliphatic carbocycles. The van der Waals surface area contributed by atoms with E-state index in [1.165, 1.54) is 0 Å². The van der Waals surface area contributed by atoms with Crippen LogP contribution < -0.4 is 10.2 Å². The van der Waals surface area contributed by atoms with Crippen molar-refractivity contribution < 1.29 is 9.59 Å². The fraction of sp³-hybridized carbons (Fsp3) is 0.333. The summed E-state index contributed by atoms with van der Waals surface area (Å²) in [5.74, 6) is 0.253. The first-order chi connectivity index (χ1) is 16.1. The minimum atomic E-state index is -0.456. The highest BCUT2D eigenvalue weighted by Crippen LogP contribution is 2.37. The molecule has 6 heteroatoms. The minimum absolute atomic E-state index is 0.107. The minimum Gasteiger partial charge on any atom is -0.339 e. The number of piperidine rings is 1. The van der Waals surface area contributed by atoms with Crippen molar-refractivity contribution in [3.05, 3.63) is 78.4 Å². The second kappa shape index (κ2) is 7.89. The van der Waals surface area contributed by atoms with Gasteiger partial charge in [-0.3, -0.25) is 14.5 Å². The van der Waals surface area contributed by atoms with Crippen molar-refractivity contribution in [3.8, 4) is 0 Å². The lowest BCUT2D eigenvalue weighted by Crippen LogP contribution is -2.65. The molecule has 3 aliphatic rings. The molecule has 0 aromatic heterocycles. The molecule has 168 valence electrons. The number of likely N-dealkylation sites (tertiary alicyclic amines) is 2. The summed E-state index contributed by atoms with van der Waals surface area (Å²) in [6, 6.07) is 24.7. The first-order valence-corrected chi connectivity index (χ1v) is 11.8. The molecule has 3 aromatic rings. The molecule has 0 radical (unpaired) electrons. The van der Waals surface area contributed by atoms with Crippen molar-refractivity contribution in [2.24, 2.45) is 0 Å². The summed E-state index contributed by atoms with van der Waals surface area (Å²) < 4.78 is 0. The van der Waals surface area contributed by atoms with Crippen LogP contribution in [0.3, 0.4) is 0 Å². The van der Waals surface area contributed by atoms with E-state index in [1.54, 1.807) is 0 Å². The van der Waals surface area contributed by atoms with Crippen LogP contribution in [0.25, 0.3) is 10.8 Å². The van der Waals surface area contributed by atoms with Gasteiger partial charge in [-0.25, -0.2) is 0 Å². The molecule has 0 bridgehead atoms. The number of hydrogen-bond donors (Lipinski definition) is 1. The van der Waals surface area contributed by atoms with Crippen molar-refractivity contribution in [1.82, 2.24) is 15.1 Å². The van der Waals surface area contributed by atoms with Crippen LogP contribution in [0.5, 0.6) is 0 Å². The predicted octanol–water partition coefficient (Wildman–Crippen LogP) is 3.09. The van der Waals surface area contributed by atoms with Gasteiger partial charge >= 0.3 is 0 Å². The van der Waals surface area contributed by atoms with Crippen LogP contribution in [-0.2, 0) is 4.79 Å². The molecular weight excluding hydrogens is 412 g/mol. The van der Waals surface area contributed by atoms with Crippen molar-refractivity contribution in [2.75, 3.05) is 37.7 Å². The monoisotopic (exact) mass is 440 g/mol. The SMILES string of the molecule is O=C(c1ccc2ccccc2c1)N1CC(N2CCC3(CC2)C(=O)NCN3c2ccccc2)C1. The highest BCUT2D eigenvalue weighted by atomic mass is 16.2. The van der Waals surface area contributed by atoms with Gasteiger partial charge in [-0.15, -0.1) is 0 Å². The summed E-state index contributed by atoms with van der Waals surface area (Å²) in [6.07, 6.45) is 1.62. The summed E-state index contributed by atoms with van der Waals surface area (Å²) in [6.45, 7) is 3.83. The largest absolute Gasteiger partial charge is 0.339 e. The number of carbonyl (C=O) groups is 2. The molecule has 3 saturated heterocycles. The number of hydrogen-bond acceptors (Lipinski definition) is 4. The lowest BCUT2D eigenvalue weighted by molar-refractivity contribution is -0.125. The number of nitrogens with one attached hydrogen (secondary N) is 1. The van der Waals surface area contributed by atoms with E-state index in [9.17, 15) is 9.59 Å². The van der Waals surface area contributed by atoms with E-state index >= 15 is 0 Å². The Bertz CT molecular complexity index is 1200. The first-order valence-electron chi connectivity index (χ1n) is 11.8. The fourth-order valence-corrected chi connectivity index (χ4v) is 5.65. The maximum absolute atomic E-state index is 13.0. The zero-order valence-electron chi connectivity index (χ0n) is 18.6. The number of benzene rings is 3. The van der Waals surface area contributed by atoms with E-state index in [1.807, 2.05) is 59.5 Å². The number of fused-ring (bicyclic) bond motifs is 1. The Morgan fingerprint density at radius 1 is 0.879 bits per heavy atom. The third-order valence-electron chi connectivity index (χ3n) is 7.69. The Morgan fingerprint density at radius 3 is 2.33 bits per heavy atom. The second-order valence-corrected chi connectivity index (χ2v) is 9.42. The summed E-state index contributed by atoms with van der Waals surface area (Å²) in [5, 5.41) is 5.32. The third kappa shape index (κ3) is 3.37. The Balaban J connectivity index is 1.09. The topological polar surface area (TPSA) is 55.9 Å². The van der Waals surface area contributed by atoms with Gasteiger partial charge in [0.05, 0.1) is 6.67 Å². The number of amides is 2. The van der Waals surface area contributed by atoms with Gasteiger partial charge < -0.3 is 15.1 Å². The quantitative estimate of drug-likeness (QED) is 0.680. The average Bonchev–Trinajstić information content (AvgIpc) is 3.15. The number of nitrogens with zero attached hydrogens (tertiary/aromatic N) is 3. The molecule has 3 fully saturated rings. The smallest absolute Gasteiger partial charge is 0.253 e. The van der Waals surface area contributed by atoms with Crippen LogP contribution in [0.4, 0.5) is 5.69 Å². The van der Waals surface area contributed by atoms with E-state index in [2.05, 4.69) is 33.3 Å². The molecule has 2 amide bonds. The Morgan fingerprint density at radius 2 is 1.58 bits per heavy atom. The molecule has 0 atom stereocenters. The zero-order chi connectivity index (χ0) is 22.4. The molecule has 3 heterocycles. The molecule has 1 spiro atoms. The van der Waals surface area contributed by atoms with Gasteiger partial charge in [0, 0.05) is 43.5 Å². The Labute approximate surface area is 193 Å². The predicted molar refractivity (Wildman–Crippen MR) is 129 cm³/mol. The van der Waals surface area contributed by atoms with Crippen LogP contribution in [0.1, 0.15) is 23.2 Å². The zero-order valence-corrected chi connectivity index (χ0v) is 18.6. The molecule has 0 saturated carbocycles. The van der Waals surface area contributed by atoms with Gasteiger partial charge in [0.2, 0.25) is 5.91 Å². The van der Waals surface area contributed by atoms with Gasteiger partial charge in [-0.1, -0.05) is 48.5 Å². The summed E-state index contributed by atoms with van der Waals surface area (Å²) in [4.78, 5) is 32.5. The number of carbonyl (C=O) groups excluding carboxylic acids is 2. The Kier molecular flexibility index (Phi) is 4.84. The van der Waals surface area contributed by atoms with E-state index in [0.717, 1.165) is 61.0 Å². The van der Waals surface area contributed by atoms with E-state index in [4.69, 9.17) is 0 Å². The maximum atomic E-state index is 13.0. The number of para-hydroxylation sites is 1. The lowest BCUT2D eigenvalue weighted by Gasteiger charge is -2.50. The van der Waals surface area contributed by atoms with Crippen LogP contribution in [-0.4, -0.2) is 66.0 Å².